The van der Waals surface area contributed by atoms with Gasteiger partial charge in [0.2, 0.25) is 0 Å². The van der Waals surface area contributed by atoms with Crippen LogP contribution in [-0.4, -0.2) is 48.8 Å². The molecule has 0 aromatic heterocycles. The molecule has 6 nitrogen and oxygen atoms in total. The smallest absolute Gasteiger partial charge is 0.255 e. The molecule has 2 heterocycles. The predicted molar refractivity (Wildman–Crippen MR) is 110 cm³/mol. The number of likely N-dealkylation sites (tertiary alicyclic amines) is 1. The molecule has 152 valence electrons. The summed E-state index contributed by atoms with van der Waals surface area (Å²) < 4.78 is 11.4. The first-order valence-electron chi connectivity index (χ1n) is 10.0. The molecule has 1 N–H and O–H groups in total. The summed E-state index contributed by atoms with van der Waals surface area (Å²) in [6, 6.07) is 12.7. The second kappa shape index (κ2) is 7.97. The van der Waals surface area contributed by atoms with Crippen LogP contribution in [-0.2, 0) is 9.47 Å². The van der Waals surface area contributed by atoms with Crippen LogP contribution >= 0.6 is 0 Å². The number of ether oxygens (including phenoxy) is 2. The van der Waals surface area contributed by atoms with Crippen molar-refractivity contribution in [1.82, 2.24) is 4.90 Å². The van der Waals surface area contributed by atoms with E-state index in [9.17, 15) is 9.59 Å². The van der Waals surface area contributed by atoms with Gasteiger partial charge >= 0.3 is 0 Å². The number of rotatable bonds is 3. The molecule has 0 saturated carbocycles. The molecule has 4 rings (SSSR count). The lowest BCUT2D eigenvalue weighted by Gasteiger charge is -2.37. The lowest BCUT2D eigenvalue weighted by atomic mass is 10.0. The van der Waals surface area contributed by atoms with Crippen molar-refractivity contribution in [1.29, 1.82) is 0 Å². The Morgan fingerprint density at radius 3 is 2.31 bits per heavy atom. The molecule has 2 aromatic rings. The van der Waals surface area contributed by atoms with Gasteiger partial charge < -0.3 is 19.7 Å². The Morgan fingerprint density at radius 1 is 0.931 bits per heavy atom. The maximum atomic E-state index is 12.9. The minimum absolute atomic E-state index is 0.0707. The van der Waals surface area contributed by atoms with Gasteiger partial charge in [0.25, 0.3) is 11.8 Å². The number of nitrogens with zero attached hydrogens (tertiary/aromatic N) is 1. The summed E-state index contributed by atoms with van der Waals surface area (Å²) >= 11 is 0. The normalized spacial score (nSPS) is 18.1. The van der Waals surface area contributed by atoms with Gasteiger partial charge in [-0.2, -0.15) is 0 Å². The highest BCUT2D eigenvalue weighted by atomic mass is 16.7. The number of nitrogens with one attached hydrogen (secondary N) is 1. The monoisotopic (exact) mass is 394 g/mol. The average Bonchev–Trinajstić information content (AvgIpc) is 3.19. The van der Waals surface area contributed by atoms with Crippen LogP contribution in [0.4, 0.5) is 5.69 Å². The summed E-state index contributed by atoms with van der Waals surface area (Å²) in [5, 5.41) is 2.91. The number of piperidine rings is 1. The molecule has 2 amide bonds. The molecular weight excluding hydrogens is 368 g/mol. The van der Waals surface area contributed by atoms with Crippen LogP contribution in [0, 0.1) is 13.8 Å². The van der Waals surface area contributed by atoms with Gasteiger partial charge in [-0.05, 0) is 55.3 Å². The number of amides is 2. The second-order valence-electron chi connectivity index (χ2n) is 7.73. The third kappa shape index (κ3) is 4.18. The summed E-state index contributed by atoms with van der Waals surface area (Å²) in [6.45, 7) is 6.44. The zero-order valence-corrected chi connectivity index (χ0v) is 16.9. The summed E-state index contributed by atoms with van der Waals surface area (Å²) in [4.78, 5) is 27.4. The fourth-order valence-electron chi connectivity index (χ4n) is 3.83. The Hall–Kier alpha value is -2.70. The number of anilines is 1. The van der Waals surface area contributed by atoms with Crippen molar-refractivity contribution in [3.63, 3.8) is 0 Å². The number of carbonyl (C=O) groups excluding carboxylic acids is 2. The predicted octanol–water partition coefficient (Wildman–Crippen LogP) is 3.53. The van der Waals surface area contributed by atoms with Crippen molar-refractivity contribution in [2.75, 3.05) is 31.6 Å². The molecule has 0 bridgehead atoms. The van der Waals surface area contributed by atoms with Gasteiger partial charge in [-0.1, -0.05) is 12.1 Å². The maximum absolute atomic E-state index is 12.9. The highest BCUT2D eigenvalue weighted by Crippen LogP contribution is 2.31. The SMILES string of the molecule is Cc1ccc(NC(=O)c2cccc(C(=O)N3CCC4(CC3)OCCO4)c2)cc1C. The third-order valence-electron chi connectivity index (χ3n) is 5.76. The van der Waals surface area contributed by atoms with Crippen molar-refractivity contribution in [2.24, 2.45) is 0 Å². The zero-order valence-electron chi connectivity index (χ0n) is 16.9. The number of aryl methyl sites for hydroxylation is 2. The first kappa shape index (κ1) is 19.6. The van der Waals surface area contributed by atoms with Crippen molar-refractivity contribution in [2.45, 2.75) is 32.5 Å². The van der Waals surface area contributed by atoms with E-state index >= 15 is 0 Å². The van der Waals surface area contributed by atoms with E-state index in [4.69, 9.17) is 9.47 Å². The van der Waals surface area contributed by atoms with Crippen molar-refractivity contribution >= 4 is 17.5 Å². The van der Waals surface area contributed by atoms with Crippen LogP contribution in [0.25, 0.3) is 0 Å². The quantitative estimate of drug-likeness (QED) is 0.865. The number of hydrogen-bond donors (Lipinski definition) is 1. The van der Waals surface area contributed by atoms with E-state index in [1.165, 1.54) is 5.56 Å². The minimum atomic E-state index is -0.509. The molecule has 0 radical (unpaired) electrons. The molecular formula is C23H26N2O4. The van der Waals surface area contributed by atoms with E-state index < -0.39 is 5.79 Å². The van der Waals surface area contributed by atoms with Crippen LogP contribution < -0.4 is 5.32 Å². The molecule has 6 heteroatoms. The van der Waals surface area contributed by atoms with Crippen molar-refractivity contribution in [3.8, 4) is 0 Å². The second-order valence-corrected chi connectivity index (χ2v) is 7.73. The Bertz CT molecular complexity index is 924. The van der Waals surface area contributed by atoms with Crippen LogP contribution in [0.1, 0.15) is 44.7 Å². The van der Waals surface area contributed by atoms with Gasteiger partial charge in [0.05, 0.1) is 13.2 Å². The van der Waals surface area contributed by atoms with Crippen molar-refractivity contribution in [3.05, 3.63) is 64.7 Å². The van der Waals surface area contributed by atoms with Crippen LogP contribution in [0.3, 0.4) is 0 Å². The Morgan fingerprint density at radius 2 is 1.62 bits per heavy atom. The molecule has 2 aliphatic rings. The largest absolute Gasteiger partial charge is 0.347 e. The number of benzene rings is 2. The molecule has 2 aliphatic heterocycles. The highest BCUT2D eigenvalue weighted by molar-refractivity contribution is 6.06. The zero-order chi connectivity index (χ0) is 20.4. The first-order chi connectivity index (χ1) is 14.0. The van der Waals surface area contributed by atoms with E-state index in [0.717, 1.165) is 11.3 Å². The van der Waals surface area contributed by atoms with E-state index in [-0.39, 0.29) is 11.8 Å². The fourth-order valence-corrected chi connectivity index (χ4v) is 3.83. The van der Waals surface area contributed by atoms with Crippen molar-refractivity contribution < 1.29 is 19.1 Å². The first-order valence-corrected chi connectivity index (χ1v) is 10.0. The van der Waals surface area contributed by atoms with E-state index in [2.05, 4.69) is 5.32 Å². The van der Waals surface area contributed by atoms with Gasteiger partial charge in [0.15, 0.2) is 5.79 Å². The van der Waals surface area contributed by atoms with E-state index in [1.807, 2.05) is 32.0 Å². The Kier molecular flexibility index (Phi) is 5.39. The molecule has 0 atom stereocenters. The van der Waals surface area contributed by atoms with Crippen LogP contribution in [0.2, 0.25) is 0 Å². The third-order valence-corrected chi connectivity index (χ3v) is 5.76. The summed E-state index contributed by atoms with van der Waals surface area (Å²) in [5.41, 5.74) is 4.01. The lowest BCUT2D eigenvalue weighted by Crippen LogP contribution is -2.47. The summed E-state index contributed by atoms with van der Waals surface area (Å²) in [7, 11) is 0. The van der Waals surface area contributed by atoms with Gasteiger partial charge in [-0.3, -0.25) is 9.59 Å². The molecule has 0 aliphatic carbocycles. The molecule has 29 heavy (non-hydrogen) atoms. The number of hydrogen-bond acceptors (Lipinski definition) is 4. The Balaban J connectivity index is 1.43. The standard InChI is InChI=1S/C23H26N2O4/c1-16-6-7-20(14-17(16)2)24-21(26)18-4-3-5-19(15-18)22(27)25-10-8-23(9-11-25)28-12-13-29-23/h3-7,14-15H,8-13H2,1-2H3,(H,24,26). The molecule has 2 aromatic carbocycles. The highest BCUT2D eigenvalue weighted by Gasteiger charge is 2.40. The van der Waals surface area contributed by atoms with E-state index in [1.54, 1.807) is 29.2 Å². The lowest BCUT2D eigenvalue weighted by molar-refractivity contribution is -0.181. The molecule has 1 spiro atoms. The maximum Gasteiger partial charge on any atom is 0.255 e. The van der Waals surface area contributed by atoms with Crippen LogP contribution in [0.5, 0.6) is 0 Å². The fraction of sp³-hybridized carbons (Fsp3) is 0.391. The Labute approximate surface area is 170 Å². The van der Waals surface area contributed by atoms with Gasteiger partial charge in [0, 0.05) is 42.7 Å². The minimum Gasteiger partial charge on any atom is -0.347 e. The van der Waals surface area contributed by atoms with Gasteiger partial charge in [-0.25, -0.2) is 0 Å². The topological polar surface area (TPSA) is 67.9 Å². The summed E-state index contributed by atoms with van der Waals surface area (Å²) in [5.74, 6) is -0.808. The molecule has 2 saturated heterocycles. The summed E-state index contributed by atoms with van der Waals surface area (Å²) in [6.07, 6.45) is 1.34. The molecule has 0 unspecified atom stereocenters. The average molecular weight is 394 g/mol. The number of carbonyl (C=O) groups is 2. The molecule has 2 fully saturated rings. The van der Waals surface area contributed by atoms with Gasteiger partial charge in [-0.15, -0.1) is 0 Å². The van der Waals surface area contributed by atoms with Gasteiger partial charge in [0.1, 0.15) is 0 Å². The van der Waals surface area contributed by atoms with Crippen LogP contribution in [0.15, 0.2) is 42.5 Å². The van der Waals surface area contributed by atoms with E-state index in [0.29, 0.717) is 50.3 Å².